The van der Waals surface area contributed by atoms with E-state index in [0.717, 1.165) is 55.9 Å². The molecule has 2 aliphatic rings. The highest BCUT2D eigenvalue weighted by Gasteiger charge is 2.39. The fourth-order valence-electron chi connectivity index (χ4n) is 6.06. The van der Waals surface area contributed by atoms with Crippen molar-refractivity contribution in [2.24, 2.45) is 5.92 Å². The lowest BCUT2D eigenvalue weighted by molar-refractivity contribution is -0.138. The van der Waals surface area contributed by atoms with Gasteiger partial charge in [0.15, 0.2) is 0 Å². The van der Waals surface area contributed by atoms with Crippen molar-refractivity contribution in [2.75, 3.05) is 35.7 Å². The van der Waals surface area contributed by atoms with Crippen LogP contribution in [0.1, 0.15) is 66.0 Å². The van der Waals surface area contributed by atoms with Gasteiger partial charge in [0.05, 0.1) is 16.8 Å². The highest BCUT2D eigenvalue weighted by atomic mass is 19.4. The Hall–Kier alpha value is -3.57. The Kier molecular flexibility index (Phi) is 8.02. The zero-order valence-corrected chi connectivity index (χ0v) is 22.8. The SMILES string of the molecule is CNc1nc2c(c(Nc3ccc(C(F)(F)F)cc3C)n1)C(C1CCCCC1)CN(c1ncccc1C(F)(F)F)CC2. The van der Waals surface area contributed by atoms with Crippen LogP contribution in [0.15, 0.2) is 36.5 Å². The zero-order valence-electron chi connectivity index (χ0n) is 22.8. The van der Waals surface area contributed by atoms with Crippen LogP contribution >= 0.6 is 0 Å². The molecule has 1 atom stereocenters. The molecule has 220 valence electrons. The van der Waals surface area contributed by atoms with Crippen LogP contribution < -0.4 is 15.5 Å². The van der Waals surface area contributed by atoms with E-state index in [0.29, 0.717) is 41.7 Å². The van der Waals surface area contributed by atoms with Crippen LogP contribution in [0.5, 0.6) is 0 Å². The van der Waals surface area contributed by atoms with Crippen LogP contribution in [-0.2, 0) is 18.8 Å². The van der Waals surface area contributed by atoms with E-state index >= 15 is 0 Å². The fraction of sp³-hybridized carbons (Fsp3) is 0.483. The third kappa shape index (κ3) is 6.20. The van der Waals surface area contributed by atoms with Gasteiger partial charge in [0.1, 0.15) is 11.6 Å². The smallest absolute Gasteiger partial charge is 0.357 e. The van der Waals surface area contributed by atoms with Crippen LogP contribution in [0.3, 0.4) is 0 Å². The minimum atomic E-state index is -4.56. The molecule has 2 aromatic heterocycles. The molecule has 1 saturated carbocycles. The maximum Gasteiger partial charge on any atom is 0.419 e. The first-order valence-electron chi connectivity index (χ1n) is 13.8. The number of nitrogens with zero attached hydrogens (tertiary/aromatic N) is 4. The summed E-state index contributed by atoms with van der Waals surface area (Å²) in [7, 11) is 1.67. The zero-order chi connectivity index (χ0) is 29.4. The van der Waals surface area contributed by atoms with E-state index in [2.05, 4.69) is 20.6 Å². The van der Waals surface area contributed by atoms with Gasteiger partial charge in [0.2, 0.25) is 5.95 Å². The molecule has 1 aromatic carbocycles. The topological polar surface area (TPSA) is 66.0 Å². The Bertz CT molecular complexity index is 1380. The van der Waals surface area contributed by atoms with E-state index < -0.39 is 23.5 Å². The number of aromatic nitrogens is 3. The standard InChI is InChI=1S/C29H32F6N6/c1-17-15-19(28(30,31)32)10-11-22(17)38-25-24-20(18-7-4-3-5-8-18)16-41(14-12-23(24)39-27(36-2)40-25)26-21(29(33,34)35)9-6-13-37-26/h6,9-11,13,15,18,20H,3-5,7-8,12,14,16H2,1-2H3,(H2,36,38,39,40). The lowest BCUT2D eigenvalue weighted by Crippen LogP contribution is -2.34. The number of fused-ring (bicyclic) bond motifs is 1. The van der Waals surface area contributed by atoms with E-state index in [1.807, 2.05) is 0 Å². The predicted molar refractivity (Wildman–Crippen MR) is 146 cm³/mol. The first-order chi connectivity index (χ1) is 19.5. The Morgan fingerprint density at radius 2 is 1.71 bits per heavy atom. The third-order valence-electron chi connectivity index (χ3n) is 8.07. The van der Waals surface area contributed by atoms with Crippen LogP contribution in [0.2, 0.25) is 0 Å². The van der Waals surface area contributed by atoms with Crippen LogP contribution in [0.4, 0.5) is 49.6 Å². The largest absolute Gasteiger partial charge is 0.419 e. The Balaban J connectivity index is 1.60. The van der Waals surface area contributed by atoms with Crippen LogP contribution in [-0.4, -0.2) is 35.1 Å². The lowest BCUT2D eigenvalue weighted by atomic mass is 9.76. The number of halogens is 6. The molecule has 1 aliphatic carbocycles. The molecule has 12 heteroatoms. The predicted octanol–water partition coefficient (Wildman–Crippen LogP) is 7.73. The molecule has 6 nitrogen and oxygen atoms in total. The van der Waals surface area contributed by atoms with Crippen molar-refractivity contribution in [1.82, 2.24) is 15.0 Å². The number of anilines is 4. The van der Waals surface area contributed by atoms with Crippen molar-refractivity contribution < 1.29 is 26.3 Å². The molecule has 0 bridgehead atoms. The molecule has 41 heavy (non-hydrogen) atoms. The summed E-state index contributed by atoms with van der Waals surface area (Å²) in [6.07, 6.45) is -2.34. The van der Waals surface area contributed by atoms with Gasteiger partial charge in [-0.3, -0.25) is 0 Å². The number of hydrogen-bond donors (Lipinski definition) is 2. The van der Waals surface area contributed by atoms with Gasteiger partial charge >= 0.3 is 12.4 Å². The minimum absolute atomic E-state index is 0.108. The summed E-state index contributed by atoms with van der Waals surface area (Å²) in [5.41, 5.74) is 0.847. The molecule has 2 N–H and O–H groups in total. The summed E-state index contributed by atoms with van der Waals surface area (Å²) in [5, 5.41) is 6.22. The minimum Gasteiger partial charge on any atom is -0.357 e. The molecular weight excluding hydrogens is 546 g/mol. The lowest BCUT2D eigenvalue weighted by Gasteiger charge is -2.35. The Morgan fingerprint density at radius 3 is 2.37 bits per heavy atom. The molecule has 3 aromatic rings. The van der Waals surface area contributed by atoms with E-state index in [1.54, 1.807) is 18.9 Å². The summed E-state index contributed by atoms with van der Waals surface area (Å²) >= 11 is 0. The maximum absolute atomic E-state index is 14.0. The molecule has 3 heterocycles. The third-order valence-corrected chi connectivity index (χ3v) is 8.07. The quantitative estimate of drug-likeness (QED) is 0.302. The van der Waals surface area contributed by atoms with E-state index in [1.165, 1.54) is 18.3 Å². The number of rotatable bonds is 5. The first kappa shape index (κ1) is 28.9. The normalized spacial score (nSPS) is 18.5. The van der Waals surface area contributed by atoms with Crippen molar-refractivity contribution in [3.05, 3.63) is 64.5 Å². The highest BCUT2D eigenvalue weighted by molar-refractivity contribution is 5.67. The molecule has 0 saturated heterocycles. The van der Waals surface area contributed by atoms with Crippen molar-refractivity contribution in [1.29, 1.82) is 0 Å². The van der Waals surface area contributed by atoms with Crippen molar-refractivity contribution in [3.8, 4) is 0 Å². The molecule has 0 amide bonds. The van der Waals surface area contributed by atoms with Gasteiger partial charge < -0.3 is 15.5 Å². The van der Waals surface area contributed by atoms with Crippen molar-refractivity contribution >= 4 is 23.3 Å². The van der Waals surface area contributed by atoms with Gasteiger partial charge in [-0.2, -0.15) is 31.3 Å². The molecule has 0 spiro atoms. The molecular formula is C29H32F6N6. The second-order valence-electron chi connectivity index (χ2n) is 10.7. The van der Waals surface area contributed by atoms with E-state index in [-0.39, 0.29) is 24.2 Å². The van der Waals surface area contributed by atoms with Crippen molar-refractivity contribution in [2.45, 2.75) is 63.7 Å². The number of aryl methyl sites for hydroxylation is 1. The van der Waals surface area contributed by atoms with Crippen LogP contribution in [0, 0.1) is 12.8 Å². The van der Waals surface area contributed by atoms with Gasteiger partial charge in [0.25, 0.3) is 0 Å². The summed E-state index contributed by atoms with van der Waals surface area (Å²) in [6.45, 7) is 2.16. The average molecular weight is 579 g/mol. The summed E-state index contributed by atoms with van der Waals surface area (Å²) in [6, 6.07) is 5.83. The average Bonchev–Trinajstić information content (AvgIpc) is 3.13. The van der Waals surface area contributed by atoms with E-state index in [4.69, 9.17) is 4.98 Å². The van der Waals surface area contributed by atoms with Crippen LogP contribution in [0.25, 0.3) is 0 Å². The molecule has 1 aliphatic heterocycles. The van der Waals surface area contributed by atoms with E-state index in [9.17, 15) is 26.3 Å². The molecule has 5 rings (SSSR count). The Morgan fingerprint density at radius 1 is 0.951 bits per heavy atom. The second-order valence-corrected chi connectivity index (χ2v) is 10.7. The van der Waals surface area contributed by atoms with Gasteiger partial charge in [-0.05, 0) is 61.6 Å². The monoisotopic (exact) mass is 578 g/mol. The second kappa shape index (κ2) is 11.4. The van der Waals surface area contributed by atoms with Gasteiger partial charge in [-0.15, -0.1) is 0 Å². The first-order valence-corrected chi connectivity index (χ1v) is 13.8. The maximum atomic E-state index is 14.0. The summed E-state index contributed by atoms with van der Waals surface area (Å²) in [4.78, 5) is 15.3. The van der Waals surface area contributed by atoms with Gasteiger partial charge in [-0.25, -0.2) is 9.97 Å². The van der Waals surface area contributed by atoms with Gasteiger partial charge in [0, 0.05) is 49.9 Å². The summed E-state index contributed by atoms with van der Waals surface area (Å²) < 4.78 is 81.9. The fourth-order valence-corrected chi connectivity index (χ4v) is 6.06. The Labute approximate surface area is 234 Å². The highest BCUT2D eigenvalue weighted by Crippen LogP contribution is 2.45. The molecule has 0 radical (unpaired) electrons. The number of pyridine rings is 1. The summed E-state index contributed by atoms with van der Waals surface area (Å²) in [5.74, 6) is 0.638. The van der Waals surface area contributed by atoms with Gasteiger partial charge in [-0.1, -0.05) is 19.3 Å². The number of alkyl halides is 6. The number of hydrogen-bond acceptors (Lipinski definition) is 6. The number of benzene rings is 1. The molecule has 1 fully saturated rings. The molecule has 1 unspecified atom stereocenters. The van der Waals surface area contributed by atoms with Crippen molar-refractivity contribution in [3.63, 3.8) is 0 Å². The number of nitrogens with one attached hydrogen (secondary N) is 2.